The van der Waals surface area contributed by atoms with Crippen molar-refractivity contribution in [2.75, 3.05) is 17.2 Å². The molecule has 0 radical (unpaired) electrons. The van der Waals surface area contributed by atoms with E-state index in [2.05, 4.69) is 34.4 Å². The van der Waals surface area contributed by atoms with Crippen molar-refractivity contribution in [1.82, 2.24) is 9.97 Å². The van der Waals surface area contributed by atoms with Gasteiger partial charge in [-0.2, -0.15) is 0 Å². The minimum atomic E-state index is -0.259. The van der Waals surface area contributed by atoms with Crippen molar-refractivity contribution in [2.24, 2.45) is 5.92 Å². The van der Waals surface area contributed by atoms with E-state index in [0.717, 1.165) is 18.7 Å². The second-order valence-corrected chi connectivity index (χ2v) is 6.80. The Balaban J connectivity index is 1.54. The zero-order valence-electron chi connectivity index (χ0n) is 16.1. The topological polar surface area (TPSA) is 76.1 Å². The molecule has 1 amide bonds. The fraction of sp³-hybridized carbons (Fsp3) is 0.227. The Bertz CT molecular complexity index is 879. The van der Waals surface area contributed by atoms with Crippen LogP contribution in [0.3, 0.4) is 0 Å². The Morgan fingerprint density at radius 3 is 2.25 bits per heavy atom. The van der Waals surface area contributed by atoms with Crippen molar-refractivity contribution in [3.05, 3.63) is 72.6 Å². The van der Waals surface area contributed by atoms with Gasteiger partial charge in [-0.3, -0.25) is 4.79 Å². The van der Waals surface area contributed by atoms with Gasteiger partial charge in [0.2, 0.25) is 5.95 Å². The van der Waals surface area contributed by atoms with E-state index in [4.69, 9.17) is 4.74 Å². The molecule has 0 atom stereocenters. The predicted octanol–water partition coefficient (Wildman–Crippen LogP) is 4.98. The summed E-state index contributed by atoms with van der Waals surface area (Å²) >= 11 is 0. The summed E-state index contributed by atoms with van der Waals surface area (Å²) in [6.45, 7) is 5.13. The van der Waals surface area contributed by atoms with Crippen LogP contribution in [0.15, 0.2) is 67.0 Å². The number of ether oxygens (including phenoxy) is 1. The molecule has 2 aromatic carbocycles. The Labute approximate surface area is 165 Å². The Morgan fingerprint density at radius 2 is 1.61 bits per heavy atom. The van der Waals surface area contributed by atoms with Crippen LogP contribution in [-0.4, -0.2) is 22.4 Å². The molecule has 6 heteroatoms. The van der Waals surface area contributed by atoms with E-state index in [9.17, 15) is 4.79 Å². The molecule has 3 rings (SSSR count). The van der Waals surface area contributed by atoms with Crippen LogP contribution in [0.1, 0.15) is 30.6 Å². The molecule has 0 saturated heterocycles. The summed E-state index contributed by atoms with van der Waals surface area (Å²) in [5, 5.41) is 5.98. The maximum Gasteiger partial charge on any atom is 0.258 e. The van der Waals surface area contributed by atoms with Crippen molar-refractivity contribution < 1.29 is 9.53 Å². The summed E-state index contributed by atoms with van der Waals surface area (Å²) in [5.41, 5.74) is 1.07. The van der Waals surface area contributed by atoms with Crippen LogP contribution in [0.2, 0.25) is 0 Å². The number of aromatic nitrogens is 2. The first-order valence-corrected chi connectivity index (χ1v) is 9.30. The number of amides is 1. The number of hydrogen-bond donors (Lipinski definition) is 2. The van der Waals surface area contributed by atoms with Crippen LogP contribution < -0.4 is 15.4 Å². The lowest BCUT2D eigenvalue weighted by Gasteiger charge is -2.09. The fourth-order valence-electron chi connectivity index (χ4n) is 2.44. The number of hydrogen-bond acceptors (Lipinski definition) is 5. The zero-order chi connectivity index (χ0) is 19.8. The van der Waals surface area contributed by atoms with Gasteiger partial charge in [0, 0.05) is 24.6 Å². The van der Waals surface area contributed by atoms with E-state index in [1.165, 1.54) is 12.4 Å². The van der Waals surface area contributed by atoms with E-state index in [1.54, 1.807) is 24.3 Å². The highest BCUT2D eigenvalue weighted by Crippen LogP contribution is 2.22. The van der Waals surface area contributed by atoms with Gasteiger partial charge >= 0.3 is 0 Å². The largest absolute Gasteiger partial charge is 0.457 e. The molecule has 28 heavy (non-hydrogen) atoms. The number of anilines is 2. The average molecular weight is 376 g/mol. The van der Waals surface area contributed by atoms with Gasteiger partial charge in [-0.1, -0.05) is 32.0 Å². The molecule has 3 aromatic rings. The molecule has 0 aliphatic carbocycles. The molecule has 2 N–H and O–H groups in total. The molecule has 1 aromatic heterocycles. The Kier molecular flexibility index (Phi) is 6.57. The van der Waals surface area contributed by atoms with Crippen molar-refractivity contribution in [2.45, 2.75) is 20.3 Å². The van der Waals surface area contributed by atoms with Crippen LogP contribution >= 0.6 is 0 Å². The van der Waals surface area contributed by atoms with E-state index in [0.29, 0.717) is 28.9 Å². The van der Waals surface area contributed by atoms with Crippen LogP contribution in [-0.2, 0) is 0 Å². The lowest BCUT2D eigenvalue weighted by molar-refractivity contribution is 0.102. The maximum absolute atomic E-state index is 12.4. The molecule has 1 heterocycles. The van der Waals surface area contributed by atoms with Gasteiger partial charge < -0.3 is 15.4 Å². The first-order chi connectivity index (χ1) is 13.6. The van der Waals surface area contributed by atoms with E-state index < -0.39 is 0 Å². The van der Waals surface area contributed by atoms with Crippen molar-refractivity contribution >= 4 is 17.5 Å². The van der Waals surface area contributed by atoms with E-state index >= 15 is 0 Å². The smallest absolute Gasteiger partial charge is 0.258 e. The minimum Gasteiger partial charge on any atom is -0.457 e. The highest BCUT2D eigenvalue weighted by atomic mass is 16.5. The second kappa shape index (κ2) is 9.50. The summed E-state index contributed by atoms with van der Waals surface area (Å²) in [7, 11) is 0. The fourth-order valence-corrected chi connectivity index (χ4v) is 2.44. The van der Waals surface area contributed by atoms with Crippen LogP contribution in [0.25, 0.3) is 0 Å². The predicted molar refractivity (Wildman–Crippen MR) is 111 cm³/mol. The van der Waals surface area contributed by atoms with Gasteiger partial charge in [0.25, 0.3) is 5.91 Å². The first kappa shape index (κ1) is 19.4. The number of nitrogens with one attached hydrogen (secondary N) is 2. The zero-order valence-corrected chi connectivity index (χ0v) is 16.1. The van der Waals surface area contributed by atoms with Gasteiger partial charge in [0.15, 0.2) is 0 Å². The number of carbonyl (C=O) groups excluding carboxylic acids is 1. The summed E-state index contributed by atoms with van der Waals surface area (Å²) in [6.07, 6.45) is 4.08. The third kappa shape index (κ3) is 5.81. The third-order valence-electron chi connectivity index (χ3n) is 4.01. The van der Waals surface area contributed by atoms with Crippen LogP contribution in [0.4, 0.5) is 11.6 Å². The number of nitrogens with zero attached hydrogens (tertiary/aromatic N) is 2. The summed E-state index contributed by atoms with van der Waals surface area (Å²) < 4.78 is 5.74. The molecule has 0 spiro atoms. The standard InChI is InChI=1S/C22H24N4O2/c1-16(2)12-13-23-22-24-14-17(15-25-22)21(27)26-18-8-10-20(11-9-18)28-19-6-4-3-5-7-19/h3-11,14-16H,12-13H2,1-2H3,(H,26,27)(H,23,24,25). The van der Waals surface area contributed by atoms with Gasteiger partial charge in [0.1, 0.15) is 11.5 Å². The van der Waals surface area contributed by atoms with Crippen molar-refractivity contribution in [3.63, 3.8) is 0 Å². The average Bonchev–Trinajstić information content (AvgIpc) is 2.70. The highest BCUT2D eigenvalue weighted by molar-refractivity contribution is 6.03. The number of para-hydroxylation sites is 1. The van der Waals surface area contributed by atoms with Gasteiger partial charge in [-0.05, 0) is 48.7 Å². The maximum atomic E-state index is 12.4. The normalized spacial score (nSPS) is 10.5. The van der Waals surface area contributed by atoms with Crippen LogP contribution in [0, 0.1) is 5.92 Å². The second-order valence-electron chi connectivity index (χ2n) is 6.80. The molecular weight excluding hydrogens is 352 g/mol. The summed E-state index contributed by atoms with van der Waals surface area (Å²) in [4.78, 5) is 20.8. The van der Waals surface area contributed by atoms with Gasteiger partial charge in [-0.15, -0.1) is 0 Å². The Morgan fingerprint density at radius 1 is 0.964 bits per heavy atom. The lowest BCUT2D eigenvalue weighted by atomic mass is 10.1. The van der Waals surface area contributed by atoms with Crippen LogP contribution in [0.5, 0.6) is 11.5 Å². The molecular formula is C22H24N4O2. The molecule has 0 saturated carbocycles. The Hall–Kier alpha value is -3.41. The van der Waals surface area contributed by atoms with Gasteiger partial charge in [-0.25, -0.2) is 9.97 Å². The molecule has 144 valence electrons. The molecule has 6 nitrogen and oxygen atoms in total. The molecule has 0 fully saturated rings. The van der Waals surface area contributed by atoms with Crippen molar-refractivity contribution in [3.8, 4) is 11.5 Å². The molecule has 0 bridgehead atoms. The lowest BCUT2D eigenvalue weighted by Crippen LogP contribution is -2.14. The first-order valence-electron chi connectivity index (χ1n) is 9.30. The molecule has 0 aliphatic heterocycles. The highest BCUT2D eigenvalue weighted by Gasteiger charge is 2.08. The summed E-state index contributed by atoms with van der Waals surface area (Å²) in [6, 6.07) is 16.7. The SMILES string of the molecule is CC(C)CCNc1ncc(C(=O)Nc2ccc(Oc3ccccc3)cc2)cn1. The summed E-state index contributed by atoms with van der Waals surface area (Å²) in [5.74, 6) is 2.34. The van der Waals surface area contributed by atoms with Crippen molar-refractivity contribution in [1.29, 1.82) is 0 Å². The third-order valence-corrected chi connectivity index (χ3v) is 4.01. The number of rotatable bonds is 8. The molecule has 0 aliphatic rings. The minimum absolute atomic E-state index is 0.259. The van der Waals surface area contributed by atoms with Gasteiger partial charge in [0.05, 0.1) is 5.56 Å². The monoisotopic (exact) mass is 376 g/mol. The number of carbonyl (C=O) groups is 1. The quantitative estimate of drug-likeness (QED) is 0.580. The number of benzene rings is 2. The van der Waals surface area contributed by atoms with E-state index in [1.807, 2.05) is 30.3 Å². The molecule has 0 unspecified atom stereocenters. The van der Waals surface area contributed by atoms with E-state index in [-0.39, 0.29) is 5.91 Å².